The van der Waals surface area contributed by atoms with Crippen LogP contribution in [0, 0.1) is 23.2 Å². The second-order valence-corrected chi connectivity index (χ2v) is 9.37. The van der Waals surface area contributed by atoms with Gasteiger partial charge in [-0.15, -0.1) is 0 Å². The largest absolute Gasteiger partial charge is 0.417 e. The van der Waals surface area contributed by atoms with Crippen LogP contribution in [-0.4, -0.2) is 37.5 Å². The second kappa shape index (κ2) is 6.26. The Morgan fingerprint density at radius 2 is 1.87 bits per heavy atom. The summed E-state index contributed by atoms with van der Waals surface area (Å²) >= 11 is 0. The summed E-state index contributed by atoms with van der Waals surface area (Å²) in [5.41, 5.74) is -5.09. The fourth-order valence-corrected chi connectivity index (χ4v) is 5.63. The predicted octanol–water partition coefficient (Wildman–Crippen LogP) is 1.22. The lowest BCUT2D eigenvalue weighted by Gasteiger charge is -2.33. The quantitative estimate of drug-likeness (QED) is 0.671. The lowest BCUT2D eigenvalue weighted by molar-refractivity contribution is -0.138. The van der Waals surface area contributed by atoms with Crippen molar-refractivity contribution in [3.8, 4) is 6.07 Å². The van der Waals surface area contributed by atoms with E-state index in [1.807, 2.05) is 0 Å². The maximum Gasteiger partial charge on any atom is 0.417 e. The van der Waals surface area contributed by atoms with Gasteiger partial charge in [-0.3, -0.25) is 13.8 Å². The number of carbonyl (C=O) groups excluding carboxylic acids is 2. The van der Waals surface area contributed by atoms with Crippen LogP contribution >= 0.6 is 0 Å². The number of nitriles is 1. The summed E-state index contributed by atoms with van der Waals surface area (Å²) in [5.74, 6) is -3.85. The van der Waals surface area contributed by atoms with Crippen LogP contribution in [0.3, 0.4) is 0 Å². The monoisotopic (exact) mass is 459 g/mol. The van der Waals surface area contributed by atoms with Crippen LogP contribution in [0.25, 0.3) is 0 Å². The van der Waals surface area contributed by atoms with Crippen LogP contribution in [0.1, 0.15) is 31.4 Å². The molecule has 5 atom stereocenters. The van der Waals surface area contributed by atoms with Gasteiger partial charge in [0.25, 0.3) is 0 Å². The molecule has 2 unspecified atom stereocenters. The molecule has 3 saturated heterocycles. The first-order valence-electron chi connectivity index (χ1n) is 9.03. The van der Waals surface area contributed by atoms with Crippen molar-refractivity contribution in [1.29, 1.82) is 5.26 Å². The number of nitrogens with zero attached hydrogens (tertiary/aromatic N) is 2. The van der Waals surface area contributed by atoms with E-state index in [0.717, 1.165) is 12.1 Å². The highest BCUT2D eigenvalue weighted by Crippen LogP contribution is 2.62. The zero-order valence-electron chi connectivity index (χ0n) is 16.1. The summed E-state index contributed by atoms with van der Waals surface area (Å²) in [6.07, 6.45) is -6.09. The van der Waals surface area contributed by atoms with Crippen LogP contribution < -0.4 is 10.0 Å². The van der Waals surface area contributed by atoms with Gasteiger partial charge in [-0.25, -0.2) is 10.0 Å². The van der Waals surface area contributed by atoms with E-state index in [1.165, 1.54) is 19.9 Å². The summed E-state index contributed by atoms with van der Waals surface area (Å²) < 4.78 is 73.7. The minimum absolute atomic E-state index is 0.0604. The normalized spacial score (nSPS) is 34.9. The van der Waals surface area contributed by atoms with E-state index in [0.29, 0.717) is 11.0 Å². The molecule has 13 heteroatoms. The van der Waals surface area contributed by atoms with Gasteiger partial charge in [0.05, 0.1) is 40.3 Å². The van der Waals surface area contributed by atoms with Crippen molar-refractivity contribution in [1.82, 2.24) is 0 Å². The number of imide groups is 1. The molecule has 3 aliphatic heterocycles. The third-order valence-electron chi connectivity index (χ3n) is 6.20. The van der Waals surface area contributed by atoms with Crippen LogP contribution in [-0.2, 0) is 35.0 Å². The summed E-state index contributed by atoms with van der Waals surface area (Å²) in [7, 11) is -4.40. The molecule has 2 bridgehead atoms. The third kappa shape index (κ3) is 3.05. The molecule has 1 aromatic carbocycles. The average Bonchev–Trinajstić information content (AvgIpc) is 3.13. The van der Waals surface area contributed by atoms with E-state index in [-0.39, 0.29) is 12.1 Å². The Kier molecular flexibility index (Phi) is 4.38. The molecule has 2 N–H and O–H groups in total. The van der Waals surface area contributed by atoms with Crippen LogP contribution in [0.5, 0.6) is 0 Å². The first kappa shape index (κ1) is 21.7. The molecule has 3 heterocycles. The van der Waals surface area contributed by atoms with E-state index >= 15 is 0 Å². The number of benzene rings is 1. The number of hydrogen-bond donors (Lipinski definition) is 1. The highest BCUT2D eigenvalue weighted by molar-refractivity contribution is 7.84. The summed E-state index contributed by atoms with van der Waals surface area (Å²) in [6, 6.07) is 3.97. The predicted molar refractivity (Wildman–Crippen MR) is 96.1 cm³/mol. The van der Waals surface area contributed by atoms with Crippen molar-refractivity contribution in [2.24, 2.45) is 17.0 Å². The van der Waals surface area contributed by atoms with Crippen molar-refractivity contribution in [3.63, 3.8) is 0 Å². The molecular weight excluding hydrogens is 443 g/mol. The van der Waals surface area contributed by atoms with Gasteiger partial charge in [-0.05, 0) is 32.0 Å². The van der Waals surface area contributed by atoms with Gasteiger partial charge in [-0.1, -0.05) is 0 Å². The molecule has 0 aromatic heterocycles. The summed E-state index contributed by atoms with van der Waals surface area (Å²) in [6.45, 7) is 2.92. The van der Waals surface area contributed by atoms with E-state index < -0.39 is 68.6 Å². The number of rotatable bonds is 3. The second-order valence-electron chi connectivity index (χ2n) is 8.19. The Morgan fingerprint density at radius 1 is 1.26 bits per heavy atom. The zero-order valence-corrected chi connectivity index (χ0v) is 17.0. The Labute approximate surface area is 174 Å². The SMILES string of the molecule is CC12C[C@@H](OS(N)(=O)=O)C(C)(O1)[C@H]1C(=O)N(c3ccc(C#N)c(C(F)(F)F)c3)C(=O)[C@H]12. The number of halogens is 3. The molecule has 1 aromatic rings. The maximum atomic E-state index is 13.3. The van der Waals surface area contributed by atoms with Gasteiger partial charge in [-0.2, -0.15) is 26.9 Å². The van der Waals surface area contributed by atoms with Gasteiger partial charge in [0.2, 0.25) is 11.8 Å². The Balaban J connectivity index is 1.77. The number of fused-ring (bicyclic) bond motifs is 5. The molecule has 0 aliphatic carbocycles. The van der Waals surface area contributed by atoms with Crippen LogP contribution in [0.15, 0.2) is 18.2 Å². The molecule has 31 heavy (non-hydrogen) atoms. The molecule has 0 spiro atoms. The Bertz CT molecular complexity index is 1160. The highest BCUT2D eigenvalue weighted by Gasteiger charge is 2.76. The molecule has 166 valence electrons. The van der Waals surface area contributed by atoms with Crippen molar-refractivity contribution in [2.45, 2.75) is 43.8 Å². The number of alkyl halides is 3. The maximum absolute atomic E-state index is 13.3. The molecule has 3 fully saturated rings. The highest BCUT2D eigenvalue weighted by atomic mass is 32.2. The lowest BCUT2D eigenvalue weighted by atomic mass is 9.67. The van der Waals surface area contributed by atoms with Gasteiger partial charge < -0.3 is 4.74 Å². The lowest BCUT2D eigenvalue weighted by Crippen LogP contribution is -2.51. The van der Waals surface area contributed by atoms with Gasteiger partial charge in [0.1, 0.15) is 11.7 Å². The standard InChI is InChI=1S/C18H16F3N3O6S/c1-16-6-11(29-31(23,27)28)17(2,30-16)13-12(16)14(25)24(15(13)26)9-4-3-8(7-22)10(5-9)18(19,20)21/h3-5,11-13H,6H2,1-2H3,(H2,23,27,28)/t11-,12+,13-,16?,17?/m1/s1. The van der Waals surface area contributed by atoms with Gasteiger partial charge >= 0.3 is 16.5 Å². The van der Waals surface area contributed by atoms with Crippen molar-refractivity contribution in [2.75, 3.05) is 4.90 Å². The number of amides is 2. The minimum Gasteiger partial charge on any atom is -0.365 e. The average molecular weight is 459 g/mol. The molecule has 4 rings (SSSR count). The Hall–Kier alpha value is -2.53. The summed E-state index contributed by atoms with van der Waals surface area (Å²) in [5, 5.41) is 13.9. The molecule has 9 nitrogen and oxygen atoms in total. The first-order valence-corrected chi connectivity index (χ1v) is 10.5. The number of anilines is 1. The molecule has 3 aliphatic rings. The fourth-order valence-electron chi connectivity index (χ4n) is 5.05. The van der Waals surface area contributed by atoms with E-state index in [2.05, 4.69) is 0 Å². The topological polar surface area (TPSA) is 140 Å². The smallest absolute Gasteiger partial charge is 0.365 e. The van der Waals surface area contributed by atoms with Crippen LogP contribution in [0.4, 0.5) is 18.9 Å². The van der Waals surface area contributed by atoms with Crippen molar-refractivity contribution in [3.05, 3.63) is 29.3 Å². The fraction of sp³-hybridized carbons (Fsp3) is 0.500. The molecular formula is C18H16F3N3O6S. The summed E-state index contributed by atoms with van der Waals surface area (Å²) in [4.78, 5) is 27.0. The third-order valence-corrected chi connectivity index (χ3v) is 6.70. The van der Waals surface area contributed by atoms with Crippen molar-refractivity contribution >= 4 is 27.8 Å². The number of carbonyl (C=O) groups is 2. The molecule has 0 saturated carbocycles. The zero-order chi connectivity index (χ0) is 23.1. The number of hydrogen-bond acceptors (Lipinski definition) is 7. The van der Waals surface area contributed by atoms with Gasteiger partial charge in [0.15, 0.2) is 0 Å². The van der Waals surface area contributed by atoms with E-state index in [9.17, 15) is 31.2 Å². The minimum atomic E-state index is -4.88. The van der Waals surface area contributed by atoms with E-state index in [1.54, 1.807) is 0 Å². The van der Waals surface area contributed by atoms with E-state index in [4.69, 9.17) is 19.3 Å². The molecule has 2 amide bonds. The van der Waals surface area contributed by atoms with Gasteiger partial charge in [0, 0.05) is 6.42 Å². The van der Waals surface area contributed by atoms with Crippen LogP contribution in [0.2, 0.25) is 0 Å². The van der Waals surface area contributed by atoms with Crippen molar-refractivity contribution < 1.29 is 40.1 Å². The number of ether oxygens (including phenoxy) is 1. The first-order chi connectivity index (χ1) is 14.1. The molecule has 0 radical (unpaired) electrons. The number of nitrogens with two attached hydrogens (primary N) is 1. The Morgan fingerprint density at radius 3 is 2.42 bits per heavy atom.